The molecule has 0 N–H and O–H groups in total. The lowest BCUT2D eigenvalue weighted by molar-refractivity contribution is 0.463. The van der Waals surface area contributed by atoms with Crippen molar-refractivity contribution in [3.8, 4) is 6.07 Å². The van der Waals surface area contributed by atoms with E-state index in [2.05, 4.69) is 101 Å². The first-order valence-corrected chi connectivity index (χ1v) is 36.7. The topological polar surface area (TPSA) is 211 Å². The molecular formula is C57H104N6O10S5. The van der Waals surface area contributed by atoms with Crippen LogP contribution in [-0.2, 0) is 50.1 Å². The average Bonchev–Trinajstić information content (AvgIpc) is 4.04. The van der Waals surface area contributed by atoms with Crippen LogP contribution in [0, 0.1) is 46.8 Å². The molecule has 0 aromatic heterocycles. The second-order valence-electron chi connectivity index (χ2n) is 23.6. The van der Waals surface area contributed by atoms with Crippen LogP contribution >= 0.6 is 0 Å². The summed E-state index contributed by atoms with van der Waals surface area (Å²) >= 11 is 0. The quantitative estimate of drug-likeness (QED) is 0.0656. The number of unbranched alkanes of at least 4 members (excludes halogenated alkanes) is 3. The molecule has 1 unspecified atom stereocenters. The summed E-state index contributed by atoms with van der Waals surface area (Å²) in [7, 11) is -15.2. The molecule has 6 aliphatic rings. The molecule has 5 heterocycles. The molecule has 0 amide bonds. The number of hydrogen-bond acceptors (Lipinski definition) is 11. The van der Waals surface area contributed by atoms with E-state index in [0.717, 1.165) is 44.9 Å². The molecular weight excluding hydrogens is 1090 g/mol. The number of rotatable bonds is 24. The second-order valence-corrected chi connectivity index (χ2v) is 34.4. The van der Waals surface area contributed by atoms with Crippen LogP contribution in [0.25, 0.3) is 0 Å². The van der Waals surface area contributed by atoms with E-state index in [4.69, 9.17) is 5.26 Å². The highest BCUT2D eigenvalue weighted by molar-refractivity contribution is 7.90. The van der Waals surface area contributed by atoms with Gasteiger partial charge in [-0.15, -0.1) is 0 Å². The molecule has 0 saturated heterocycles. The van der Waals surface area contributed by atoms with Crippen molar-refractivity contribution in [2.75, 3.05) is 82.7 Å². The van der Waals surface area contributed by atoms with Gasteiger partial charge in [0.2, 0.25) is 50.1 Å². The zero-order valence-corrected chi connectivity index (χ0v) is 54.7. The number of nitrogens with zero attached hydrogens (tertiary/aromatic N) is 6. The third-order valence-electron chi connectivity index (χ3n) is 15.0. The summed E-state index contributed by atoms with van der Waals surface area (Å²) in [5.41, 5.74) is 6.19. The molecule has 0 bridgehead atoms. The Labute approximate surface area is 477 Å². The maximum atomic E-state index is 12.2. The standard InChI is InChI=1S/C12H20N2O2S.2C12H23NO2S.C11H21NO2S.C10H17NO2S/c1-11(2)12-6-8-14(10-12)17(15,16)9-5-3-4-7-13;1-10(2)6-8-16(14,15)13-7-5-12(9-13)11(3)4;1-5-6-11(4)16(14,15)13-8-7-12(9-13)10(2)3;1-4-5-8-15(13,14)12-7-6-11(9-12)10(2)3;1-8(2)9-5-6-11(7-9)14(12,13)10-3-4-10/h6,11H,3-5,8-10H2,1-2H3;5,10-11H,6-9H2,1-4H3;7,10-11H,5-6,8-9H2,1-4H3;6,10H,4-5,7-9H2,1-3H3;5,8,10H,3-4,6-7H2,1-2H3. The van der Waals surface area contributed by atoms with Gasteiger partial charge in [0, 0.05) is 71.9 Å². The van der Waals surface area contributed by atoms with Gasteiger partial charge in [0.25, 0.3) is 0 Å². The molecule has 6 rings (SSSR count). The van der Waals surface area contributed by atoms with Gasteiger partial charge >= 0.3 is 0 Å². The lowest BCUT2D eigenvalue weighted by Gasteiger charge is -2.21. The molecule has 452 valence electrons. The molecule has 1 fully saturated rings. The van der Waals surface area contributed by atoms with E-state index in [1.54, 1.807) is 17.2 Å². The van der Waals surface area contributed by atoms with E-state index in [-0.39, 0.29) is 22.0 Å². The molecule has 0 aromatic rings. The van der Waals surface area contributed by atoms with Gasteiger partial charge in [-0.2, -0.15) is 26.8 Å². The molecule has 0 radical (unpaired) electrons. The molecule has 1 saturated carbocycles. The van der Waals surface area contributed by atoms with Crippen LogP contribution in [0.1, 0.15) is 168 Å². The van der Waals surface area contributed by atoms with Crippen molar-refractivity contribution >= 4 is 50.1 Å². The molecule has 0 aromatic carbocycles. The maximum absolute atomic E-state index is 12.2. The van der Waals surface area contributed by atoms with Crippen molar-refractivity contribution in [2.24, 2.45) is 35.5 Å². The fourth-order valence-corrected chi connectivity index (χ4v) is 17.0. The third kappa shape index (κ3) is 23.5. The van der Waals surface area contributed by atoms with Crippen LogP contribution < -0.4 is 0 Å². The van der Waals surface area contributed by atoms with Gasteiger partial charge in [-0.1, -0.05) is 168 Å². The van der Waals surface area contributed by atoms with Crippen molar-refractivity contribution < 1.29 is 42.1 Å². The van der Waals surface area contributed by atoms with E-state index >= 15 is 0 Å². The Morgan fingerprint density at radius 2 is 0.782 bits per heavy atom. The Hall–Kier alpha value is -2.26. The van der Waals surface area contributed by atoms with Crippen molar-refractivity contribution in [3.05, 3.63) is 58.2 Å². The highest BCUT2D eigenvalue weighted by Gasteiger charge is 2.41. The summed E-state index contributed by atoms with van der Waals surface area (Å²) in [4.78, 5) is 0. The molecule has 0 spiro atoms. The normalized spacial score (nSPS) is 19.6. The van der Waals surface area contributed by atoms with Gasteiger partial charge in [0.05, 0.1) is 33.8 Å². The van der Waals surface area contributed by atoms with E-state index in [9.17, 15) is 42.1 Å². The minimum Gasteiger partial charge on any atom is -0.212 e. The fourth-order valence-electron chi connectivity index (χ4n) is 8.85. The smallest absolute Gasteiger partial charge is 0.212 e. The first-order valence-electron chi connectivity index (χ1n) is 28.9. The van der Waals surface area contributed by atoms with Gasteiger partial charge in [-0.05, 0) is 87.4 Å². The van der Waals surface area contributed by atoms with Crippen molar-refractivity contribution in [1.82, 2.24) is 21.5 Å². The van der Waals surface area contributed by atoms with Gasteiger partial charge < -0.3 is 0 Å². The monoisotopic (exact) mass is 1190 g/mol. The predicted molar refractivity (Wildman–Crippen MR) is 323 cm³/mol. The van der Waals surface area contributed by atoms with Crippen LogP contribution in [0.4, 0.5) is 0 Å². The fraction of sp³-hybridized carbons (Fsp3) is 0.807. The van der Waals surface area contributed by atoms with Gasteiger partial charge in [-0.25, -0.2) is 42.1 Å². The highest BCUT2D eigenvalue weighted by atomic mass is 32.2. The first kappa shape index (κ1) is 71.8. The Morgan fingerprint density at radius 3 is 1.10 bits per heavy atom. The number of hydrogen-bond donors (Lipinski definition) is 0. The second kappa shape index (κ2) is 33.1. The minimum atomic E-state index is -3.14. The van der Waals surface area contributed by atoms with Gasteiger partial charge in [0.1, 0.15) is 0 Å². The Balaban J connectivity index is 0.000000334. The zero-order valence-electron chi connectivity index (χ0n) is 50.6. The van der Waals surface area contributed by atoms with Crippen LogP contribution in [0.3, 0.4) is 0 Å². The summed E-state index contributed by atoms with van der Waals surface area (Å²) in [6.07, 6.45) is 17.7. The average molecular weight is 1190 g/mol. The van der Waals surface area contributed by atoms with Crippen LogP contribution in [-0.4, -0.2) is 157 Å². The summed E-state index contributed by atoms with van der Waals surface area (Å²) in [6, 6.07) is 2.03. The van der Waals surface area contributed by atoms with E-state index in [1.807, 2.05) is 39.0 Å². The Bertz CT molecular complexity index is 2660. The van der Waals surface area contributed by atoms with E-state index < -0.39 is 50.1 Å². The lowest BCUT2D eigenvalue weighted by atomic mass is 10.1. The molecule has 5 aliphatic heterocycles. The molecule has 21 heteroatoms. The summed E-state index contributed by atoms with van der Waals surface area (Å²) < 4.78 is 128. The Kier molecular flexibility index (Phi) is 30.5. The van der Waals surface area contributed by atoms with Crippen molar-refractivity contribution in [3.63, 3.8) is 0 Å². The largest absolute Gasteiger partial charge is 0.217 e. The highest BCUT2D eigenvalue weighted by Crippen LogP contribution is 2.33. The SMILES string of the molecule is CC(C)C1=CCN(S(=O)(=O)C2CC2)C1.CC(C)C1=CCN(S(=O)(=O)CCCCC#N)C1.CC(C)CCS(=O)(=O)N1CC=C(C(C)C)C1.CCCC(C)S(=O)(=O)N1CC=C(C(C)C)C1.CCCCS(=O)(=O)N1CC=C(C(C)C)C1. The molecule has 1 atom stereocenters. The summed E-state index contributed by atoms with van der Waals surface area (Å²) in [6.45, 7) is 36.7. The molecule has 78 heavy (non-hydrogen) atoms. The van der Waals surface area contributed by atoms with Crippen molar-refractivity contribution in [1.29, 1.82) is 5.26 Å². The van der Waals surface area contributed by atoms with E-state index in [1.165, 1.54) is 32.2 Å². The minimum absolute atomic E-state index is 0.0672. The van der Waals surface area contributed by atoms with Crippen LogP contribution in [0.5, 0.6) is 0 Å². The maximum Gasteiger partial charge on any atom is 0.217 e. The van der Waals surface area contributed by atoms with Gasteiger partial charge in [0.15, 0.2) is 0 Å². The van der Waals surface area contributed by atoms with E-state index in [0.29, 0.717) is 126 Å². The van der Waals surface area contributed by atoms with Crippen molar-refractivity contribution in [2.45, 2.75) is 179 Å². The summed E-state index contributed by atoms with van der Waals surface area (Å²) in [5.74, 6) is 3.40. The Morgan fingerprint density at radius 1 is 0.449 bits per heavy atom. The number of sulfonamides is 5. The van der Waals surface area contributed by atoms with Gasteiger partial charge in [-0.3, -0.25) is 0 Å². The number of nitriles is 1. The summed E-state index contributed by atoms with van der Waals surface area (Å²) in [5, 5.41) is 8.07. The molecule has 16 nitrogen and oxygen atoms in total. The lowest BCUT2D eigenvalue weighted by Crippen LogP contribution is -2.36. The zero-order chi connectivity index (χ0) is 59.4. The predicted octanol–water partition coefficient (Wildman–Crippen LogP) is 9.96. The molecule has 1 aliphatic carbocycles. The third-order valence-corrected chi connectivity index (χ3v) is 25.1. The van der Waals surface area contributed by atoms with Crippen LogP contribution in [0.15, 0.2) is 58.2 Å². The first-order chi connectivity index (χ1) is 36.2. The van der Waals surface area contributed by atoms with Crippen LogP contribution in [0.2, 0.25) is 0 Å².